The number of carbonyl (C=O) groups excluding carboxylic acids is 1. The van der Waals surface area contributed by atoms with Gasteiger partial charge in [-0.3, -0.25) is 14.2 Å². The van der Waals surface area contributed by atoms with Gasteiger partial charge in [-0.25, -0.2) is 0 Å². The summed E-state index contributed by atoms with van der Waals surface area (Å²) in [4.78, 5) is 25.6. The van der Waals surface area contributed by atoms with Crippen LogP contribution < -0.4 is 5.56 Å². The highest BCUT2D eigenvalue weighted by Gasteiger charge is 2.16. The van der Waals surface area contributed by atoms with E-state index in [1.807, 2.05) is 69.3 Å². The number of carbonyl (C=O) groups is 1. The quantitative estimate of drug-likeness (QED) is 0.697. The molecule has 0 atom stereocenters. The fourth-order valence-electron chi connectivity index (χ4n) is 3.15. The Morgan fingerprint density at radius 2 is 1.76 bits per heavy atom. The Bertz CT molecular complexity index is 968. The summed E-state index contributed by atoms with van der Waals surface area (Å²) in [7, 11) is 0. The summed E-state index contributed by atoms with van der Waals surface area (Å²) in [6.45, 7) is 5.84. The second kappa shape index (κ2) is 7.06. The van der Waals surface area contributed by atoms with Gasteiger partial charge in [-0.05, 0) is 35.6 Å². The highest BCUT2D eigenvalue weighted by atomic mass is 16.1. The molecular formula is C22H23NO2. The van der Waals surface area contributed by atoms with Crippen LogP contribution in [0, 0.1) is 5.92 Å². The van der Waals surface area contributed by atoms with E-state index in [2.05, 4.69) is 6.07 Å². The first-order valence-corrected chi connectivity index (χ1v) is 8.77. The maximum absolute atomic E-state index is 13.3. The van der Waals surface area contributed by atoms with E-state index in [1.54, 1.807) is 4.57 Å². The van der Waals surface area contributed by atoms with E-state index in [1.165, 1.54) is 0 Å². The van der Waals surface area contributed by atoms with Crippen molar-refractivity contribution in [1.82, 2.24) is 4.57 Å². The van der Waals surface area contributed by atoms with Gasteiger partial charge in [0.05, 0.1) is 5.39 Å². The highest BCUT2D eigenvalue weighted by molar-refractivity contribution is 5.91. The number of aromatic nitrogens is 1. The number of nitrogens with zero attached hydrogens (tertiary/aromatic N) is 1. The lowest BCUT2D eigenvalue weighted by Gasteiger charge is -2.15. The number of para-hydroxylation sites is 1. The number of Topliss-reactive ketones (excluding diaryl/α,β-unsaturated/α-hetero) is 1. The molecule has 0 amide bonds. The molecule has 0 aliphatic heterocycles. The summed E-state index contributed by atoms with van der Waals surface area (Å²) in [6.07, 6.45) is 1.06. The number of aryl methyl sites for hydroxylation is 1. The fourth-order valence-corrected chi connectivity index (χ4v) is 3.15. The normalized spacial score (nSPS) is 11.2. The van der Waals surface area contributed by atoms with E-state index >= 15 is 0 Å². The maximum atomic E-state index is 13.3. The fraction of sp³-hybridized carbons (Fsp3) is 0.273. The third kappa shape index (κ3) is 3.27. The molecule has 0 spiro atoms. The van der Waals surface area contributed by atoms with Gasteiger partial charge in [-0.1, -0.05) is 57.2 Å². The average molecular weight is 333 g/mol. The van der Waals surface area contributed by atoms with Crippen molar-refractivity contribution in [3.05, 3.63) is 76.2 Å². The van der Waals surface area contributed by atoms with Crippen LogP contribution in [0.1, 0.15) is 32.0 Å². The molecule has 0 bridgehead atoms. The van der Waals surface area contributed by atoms with Crippen molar-refractivity contribution >= 4 is 16.6 Å². The van der Waals surface area contributed by atoms with Crippen molar-refractivity contribution in [2.45, 2.75) is 33.6 Å². The highest BCUT2D eigenvalue weighted by Crippen LogP contribution is 2.21. The lowest BCUT2D eigenvalue weighted by Crippen LogP contribution is -2.23. The Balaban J connectivity index is 2.29. The molecule has 0 unspecified atom stereocenters. The zero-order valence-corrected chi connectivity index (χ0v) is 15.0. The summed E-state index contributed by atoms with van der Waals surface area (Å²) in [5.41, 5.74) is 2.59. The standard InChI is InChI=1S/C22H23NO2/c1-4-18-13-16-9-8-10-17(14-20(24)15(2)3)21(16)22(25)23(18)19-11-6-5-7-12-19/h5-13,15H,4,14H2,1-3H3. The first-order valence-electron chi connectivity index (χ1n) is 8.77. The number of ketones is 1. The van der Waals surface area contributed by atoms with E-state index in [-0.39, 0.29) is 17.3 Å². The van der Waals surface area contributed by atoms with E-state index in [0.29, 0.717) is 11.8 Å². The molecule has 3 heteroatoms. The number of hydrogen-bond donors (Lipinski definition) is 0. The van der Waals surface area contributed by atoms with Crippen molar-refractivity contribution in [2.24, 2.45) is 5.92 Å². The smallest absolute Gasteiger partial charge is 0.263 e. The van der Waals surface area contributed by atoms with Crippen LogP contribution >= 0.6 is 0 Å². The summed E-state index contributed by atoms with van der Waals surface area (Å²) in [5.74, 6) is 0.110. The van der Waals surface area contributed by atoms with Crippen LogP contribution in [0.5, 0.6) is 0 Å². The minimum Gasteiger partial charge on any atom is -0.299 e. The van der Waals surface area contributed by atoms with Gasteiger partial charge in [0.2, 0.25) is 0 Å². The van der Waals surface area contributed by atoms with Gasteiger partial charge >= 0.3 is 0 Å². The Morgan fingerprint density at radius 1 is 1.04 bits per heavy atom. The van der Waals surface area contributed by atoms with Gasteiger partial charge in [0.1, 0.15) is 5.78 Å². The zero-order valence-electron chi connectivity index (χ0n) is 15.0. The Kier molecular flexibility index (Phi) is 4.84. The summed E-state index contributed by atoms with van der Waals surface area (Å²) in [5, 5.41) is 1.56. The van der Waals surface area contributed by atoms with Crippen molar-refractivity contribution in [1.29, 1.82) is 0 Å². The molecular weight excluding hydrogens is 310 g/mol. The molecule has 3 rings (SSSR count). The molecule has 0 fully saturated rings. The molecule has 0 radical (unpaired) electrons. The van der Waals surface area contributed by atoms with E-state index in [9.17, 15) is 9.59 Å². The third-order valence-corrected chi connectivity index (χ3v) is 4.59. The van der Waals surface area contributed by atoms with Crippen molar-refractivity contribution in [2.75, 3.05) is 0 Å². The molecule has 3 nitrogen and oxygen atoms in total. The average Bonchev–Trinajstić information content (AvgIpc) is 2.62. The predicted molar refractivity (Wildman–Crippen MR) is 102 cm³/mol. The van der Waals surface area contributed by atoms with Crippen LogP contribution in [0.15, 0.2) is 59.4 Å². The van der Waals surface area contributed by atoms with Crippen LogP contribution in [-0.4, -0.2) is 10.4 Å². The monoisotopic (exact) mass is 333 g/mol. The lowest BCUT2D eigenvalue weighted by molar-refractivity contribution is -0.121. The first kappa shape index (κ1) is 17.2. The third-order valence-electron chi connectivity index (χ3n) is 4.59. The summed E-state index contributed by atoms with van der Waals surface area (Å²) >= 11 is 0. The van der Waals surface area contributed by atoms with Crippen molar-refractivity contribution < 1.29 is 4.79 Å². The molecule has 0 saturated heterocycles. The summed E-state index contributed by atoms with van der Waals surface area (Å²) < 4.78 is 1.77. The molecule has 128 valence electrons. The van der Waals surface area contributed by atoms with Crippen molar-refractivity contribution in [3.8, 4) is 5.69 Å². The Labute approximate surface area is 147 Å². The van der Waals surface area contributed by atoms with Gasteiger partial charge in [0.25, 0.3) is 5.56 Å². The van der Waals surface area contributed by atoms with Gasteiger partial charge < -0.3 is 0 Å². The van der Waals surface area contributed by atoms with E-state index < -0.39 is 0 Å². The predicted octanol–water partition coefficient (Wildman–Crippen LogP) is 4.32. The van der Waals surface area contributed by atoms with Crippen LogP contribution in [-0.2, 0) is 17.6 Å². The molecule has 3 aromatic rings. The van der Waals surface area contributed by atoms with Gasteiger partial charge in [0.15, 0.2) is 0 Å². The minimum atomic E-state index is -0.0484. The lowest BCUT2D eigenvalue weighted by atomic mass is 9.96. The molecule has 0 saturated carbocycles. The van der Waals surface area contributed by atoms with Gasteiger partial charge in [0, 0.05) is 23.7 Å². The van der Waals surface area contributed by atoms with Crippen LogP contribution in [0.2, 0.25) is 0 Å². The molecule has 1 heterocycles. The molecule has 0 N–H and O–H groups in total. The zero-order chi connectivity index (χ0) is 18.0. The van der Waals surface area contributed by atoms with Crippen LogP contribution in [0.4, 0.5) is 0 Å². The van der Waals surface area contributed by atoms with Crippen LogP contribution in [0.3, 0.4) is 0 Å². The number of pyridine rings is 1. The molecule has 25 heavy (non-hydrogen) atoms. The number of benzene rings is 2. The Hall–Kier alpha value is -2.68. The van der Waals surface area contributed by atoms with Gasteiger partial charge in [-0.2, -0.15) is 0 Å². The molecule has 0 aliphatic rings. The minimum absolute atomic E-state index is 0.0403. The Morgan fingerprint density at radius 3 is 2.40 bits per heavy atom. The topological polar surface area (TPSA) is 39.1 Å². The first-order chi connectivity index (χ1) is 12.0. The SMILES string of the molecule is CCc1cc2cccc(CC(=O)C(C)C)c2c(=O)n1-c1ccccc1. The maximum Gasteiger partial charge on any atom is 0.263 e. The second-order valence-corrected chi connectivity index (χ2v) is 6.64. The second-order valence-electron chi connectivity index (χ2n) is 6.64. The van der Waals surface area contributed by atoms with E-state index in [0.717, 1.165) is 28.8 Å². The van der Waals surface area contributed by atoms with Crippen molar-refractivity contribution in [3.63, 3.8) is 0 Å². The van der Waals surface area contributed by atoms with Crippen LogP contribution in [0.25, 0.3) is 16.5 Å². The van der Waals surface area contributed by atoms with E-state index in [4.69, 9.17) is 0 Å². The number of rotatable bonds is 5. The largest absolute Gasteiger partial charge is 0.299 e. The summed E-state index contributed by atoms with van der Waals surface area (Å²) in [6, 6.07) is 17.5. The number of fused-ring (bicyclic) bond motifs is 1. The molecule has 1 aromatic heterocycles. The van der Waals surface area contributed by atoms with Gasteiger partial charge in [-0.15, -0.1) is 0 Å². The molecule has 2 aromatic carbocycles. The molecule has 0 aliphatic carbocycles. The number of hydrogen-bond acceptors (Lipinski definition) is 2.